The number of anilines is 1. The van der Waals surface area contributed by atoms with Crippen molar-refractivity contribution in [1.29, 1.82) is 0 Å². The van der Waals surface area contributed by atoms with Crippen molar-refractivity contribution in [2.45, 2.75) is 32.6 Å². The van der Waals surface area contributed by atoms with Crippen molar-refractivity contribution < 1.29 is 14.4 Å². The molecule has 2 fully saturated rings. The maximum Gasteiger partial charge on any atom is 0.243 e. The first-order valence-corrected chi connectivity index (χ1v) is 8.08. The van der Waals surface area contributed by atoms with Gasteiger partial charge in [-0.15, -0.1) is 0 Å². The van der Waals surface area contributed by atoms with Gasteiger partial charge in [0.05, 0.1) is 5.92 Å². The molecule has 1 unspecified atom stereocenters. The molecule has 1 aliphatic heterocycles. The normalized spacial score (nSPS) is 20.5. The lowest BCUT2D eigenvalue weighted by Crippen LogP contribution is -2.45. The fraction of sp³-hybridized carbons (Fsp3) is 0.471. The summed E-state index contributed by atoms with van der Waals surface area (Å²) in [6.45, 7) is 2.39. The van der Waals surface area contributed by atoms with Gasteiger partial charge in [-0.05, 0) is 30.9 Å². The molecule has 2 N–H and O–H groups in total. The maximum atomic E-state index is 12.3. The smallest absolute Gasteiger partial charge is 0.243 e. The summed E-state index contributed by atoms with van der Waals surface area (Å²) in [4.78, 5) is 37.7. The summed E-state index contributed by atoms with van der Waals surface area (Å²) < 4.78 is 0. The molecule has 122 valence electrons. The molecule has 0 bridgehead atoms. The van der Waals surface area contributed by atoms with Crippen LogP contribution in [0.25, 0.3) is 0 Å². The van der Waals surface area contributed by atoms with E-state index < -0.39 is 5.92 Å². The number of aryl methyl sites for hydroxylation is 1. The number of hydrogen-bond donors (Lipinski definition) is 2. The molecule has 6 heteroatoms. The molecular formula is C17H21N3O3. The maximum absolute atomic E-state index is 12.3. The number of carbonyl (C=O) groups excluding carboxylic acids is 3. The van der Waals surface area contributed by atoms with Gasteiger partial charge in [0.15, 0.2) is 0 Å². The first kappa shape index (κ1) is 15.5. The highest BCUT2D eigenvalue weighted by atomic mass is 16.2. The second-order valence-electron chi connectivity index (χ2n) is 6.14. The zero-order chi connectivity index (χ0) is 16.4. The van der Waals surface area contributed by atoms with Crippen LogP contribution in [0.3, 0.4) is 0 Å². The van der Waals surface area contributed by atoms with Gasteiger partial charge in [-0.25, -0.2) is 0 Å². The first-order valence-electron chi connectivity index (χ1n) is 8.08. The molecule has 0 radical (unpaired) electrons. The molecular weight excluding hydrogens is 294 g/mol. The summed E-state index contributed by atoms with van der Waals surface area (Å²) in [6, 6.07) is 7.74. The van der Waals surface area contributed by atoms with E-state index in [1.165, 1.54) is 0 Å². The number of carbonyl (C=O) groups is 3. The van der Waals surface area contributed by atoms with Crippen LogP contribution < -0.4 is 15.8 Å². The standard InChI is InChI=1S/C17H21N3O3/c1-2-11-5-3-4-6-14(11)20-10-13(9-15(20)21)17(23)19-18-16(22)12-7-8-12/h3-6,12-13H,2,7-10H2,1H3,(H,18,22)(H,19,23). The molecule has 2 aliphatic rings. The lowest BCUT2D eigenvalue weighted by atomic mass is 10.1. The van der Waals surface area contributed by atoms with Gasteiger partial charge in [-0.3, -0.25) is 25.2 Å². The van der Waals surface area contributed by atoms with Crippen molar-refractivity contribution in [1.82, 2.24) is 10.9 Å². The minimum absolute atomic E-state index is 0.0356. The number of hydrazine groups is 1. The fourth-order valence-corrected chi connectivity index (χ4v) is 2.86. The topological polar surface area (TPSA) is 78.5 Å². The zero-order valence-corrected chi connectivity index (χ0v) is 13.2. The monoisotopic (exact) mass is 315 g/mol. The van der Waals surface area contributed by atoms with Crippen LogP contribution in [0, 0.1) is 11.8 Å². The Balaban J connectivity index is 1.62. The van der Waals surface area contributed by atoms with Crippen LogP contribution in [-0.2, 0) is 20.8 Å². The third kappa shape index (κ3) is 3.36. The van der Waals surface area contributed by atoms with Crippen LogP contribution >= 0.6 is 0 Å². The second kappa shape index (κ2) is 6.40. The summed E-state index contributed by atoms with van der Waals surface area (Å²) in [5.41, 5.74) is 6.85. The van der Waals surface area contributed by atoms with Crippen LogP contribution in [0.5, 0.6) is 0 Å². The van der Waals surface area contributed by atoms with Crippen molar-refractivity contribution in [3.05, 3.63) is 29.8 Å². The van der Waals surface area contributed by atoms with E-state index in [1.807, 2.05) is 31.2 Å². The largest absolute Gasteiger partial charge is 0.311 e. The average Bonchev–Trinajstić information content (AvgIpc) is 3.35. The van der Waals surface area contributed by atoms with Crippen LogP contribution in [0.2, 0.25) is 0 Å². The third-order valence-corrected chi connectivity index (χ3v) is 4.42. The van der Waals surface area contributed by atoms with E-state index in [1.54, 1.807) is 4.90 Å². The Labute approximate surface area is 135 Å². The summed E-state index contributed by atoms with van der Waals surface area (Å²) in [6.07, 6.45) is 2.76. The molecule has 3 rings (SSSR count). The van der Waals surface area contributed by atoms with Crippen molar-refractivity contribution in [2.75, 3.05) is 11.4 Å². The Kier molecular flexibility index (Phi) is 4.32. The molecule has 1 aromatic carbocycles. The molecule has 1 aliphatic carbocycles. The Hall–Kier alpha value is -2.37. The van der Waals surface area contributed by atoms with Crippen molar-refractivity contribution in [3.63, 3.8) is 0 Å². The first-order chi connectivity index (χ1) is 11.1. The van der Waals surface area contributed by atoms with E-state index in [4.69, 9.17) is 0 Å². The van der Waals surface area contributed by atoms with E-state index in [2.05, 4.69) is 10.9 Å². The highest BCUT2D eigenvalue weighted by molar-refractivity contribution is 6.01. The van der Waals surface area contributed by atoms with Crippen molar-refractivity contribution in [3.8, 4) is 0 Å². The van der Waals surface area contributed by atoms with Gasteiger partial charge >= 0.3 is 0 Å². The van der Waals surface area contributed by atoms with Crippen LogP contribution in [-0.4, -0.2) is 24.3 Å². The highest BCUT2D eigenvalue weighted by Crippen LogP contribution is 2.29. The molecule has 23 heavy (non-hydrogen) atoms. The Morgan fingerprint density at radius 2 is 1.78 bits per heavy atom. The van der Waals surface area contributed by atoms with Gasteiger partial charge in [0.2, 0.25) is 17.7 Å². The number of benzene rings is 1. The summed E-state index contributed by atoms with van der Waals surface area (Å²) in [7, 11) is 0. The summed E-state index contributed by atoms with van der Waals surface area (Å²) in [5.74, 6) is -0.903. The van der Waals surface area contributed by atoms with Crippen LogP contribution in [0.15, 0.2) is 24.3 Å². The molecule has 1 aromatic rings. The number of rotatable bonds is 4. The van der Waals surface area contributed by atoms with E-state index in [0.29, 0.717) is 6.54 Å². The van der Waals surface area contributed by atoms with Gasteiger partial charge < -0.3 is 4.90 Å². The van der Waals surface area contributed by atoms with Gasteiger partial charge in [-0.1, -0.05) is 25.1 Å². The fourth-order valence-electron chi connectivity index (χ4n) is 2.86. The van der Waals surface area contributed by atoms with Crippen molar-refractivity contribution in [2.24, 2.45) is 11.8 Å². The van der Waals surface area contributed by atoms with Crippen molar-refractivity contribution >= 4 is 23.4 Å². The molecule has 1 heterocycles. The van der Waals surface area contributed by atoms with Crippen LogP contribution in [0.4, 0.5) is 5.69 Å². The van der Waals surface area contributed by atoms with Gasteiger partial charge in [0.1, 0.15) is 0 Å². The lowest BCUT2D eigenvalue weighted by molar-refractivity contribution is -0.131. The lowest BCUT2D eigenvalue weighted by Gasteiger charge is -2.20. The number of amides is 3. The van der Waals surface area contributed by atoms with E-state index >= 15 is 0 Å². The number of nitrogens with zero attached hydrogens (tertiary/aromatic N) is 1. The second-order valence-corrected chi connectivity index (χ2v) is 6.14. The zero-order valence-electron chi connectivity index (χ0n) is 13.2. The van der Waals surface area contributed by atoms with Crippen LogP contribution in [0.1, 0.15) is 31.7 Å². The number of nitrogens with one attached hydrogen (secondary N) is 2. The number of para-hydroxylation sites is 1. The predicted molar refractivity (Wildman–Crippen MR) is 85.3 cm³/mol. The summed E-state index contributed by atoms with van der Waals surface area (Å²) >= 11 is 0. The predicted octanol–water partition coefficient (Wildman–Crippen LogP) is 1.16. The SMILES string of the molecule is CCc1ccccc1N1CC(C(=O)NNC(=O)C2CC2)CC1=O. The van der Waals surface area contributed by atoms with E-state index in [9.17, 15) is 14.4 Å². The molecule has 6 nitrogen and oxygen atoms in total. The molecule has 1 saturated carbocycles. The minimum Gasteiger partial charge on any atom is -0.311 e. The third-order valence-electron chi connectivity index (χ3n) is 4.42. The minimum atomic E-state index is -0.438. The quantitative estimate of drug-likeness (QED) is 0.818. The highest BCUT2D eigenvalue weighted by Gasteiger charge is 2.36. The number of hydrogen-bond acceptors (Lipinski definition) is 3. The van der Waals surface area contributed by atoms with E-state index in [0.717, 1.165) is 30.5 Å². The Morgan fingerprint density at radius 3 is 2.43 bits per heavy atom. The molecule has 3 amide bonds. The summed E-state index contributed by atoms with van der Waals surface area (Å²) in [5, 5.41) is 0. The van der Waals surface area contributed by atoms with Gasteiger partial charge in [0, 0.05) is 24.6 Å². The van der Waals surface area contributed by atoms with Gasteiger partial charge in [0.25, 0.3) is 0 Å². The average molecular weight is 315 g/mol. The molecule has 0 aromatic heterocycles. The Bertz CT molecular complexity index is 640. The molecule has 1 saturated heterocycles. The Morgan fingerprint density at radius 1 is 1.13 bits per heavy atom. The van der Waals surface area contributed by atoms with Gasteiger partial charge in [-0.2, -0.15) is 0 Å². The molecule has 1 atom stereocenters. The van der Waals surface area contributed by atoms with E-state index in [-0.39, 0.29) is 30.1 Å². The molecule has 0 spiro atoms.